The Morgan fingerprint density at radius 2 is 1.68 bits per heavy atom. The largest absolute Gasteiger partial charge is 0.489 e. The third-order valence-corrected chi connectivity index (χ3v) is 3.49. The van der Waals surface area contributed by atoms with Crippen LogP contribution in [0.5, 0.6) is 5.75 Å². The highest BCUT2D eigenvalue weighted by atomic mass is 35.5. The summed E-state index contributed by atoms with van der Waals surface area (Å²) in [7, 11) is 0. The first-order valence-corrected chi connectivity index (χ1v) is 6.36. The molecule has 0 spiro atoms. The van der Waals surface area contributed by atoms with E-state index in [9.17, 15) is 0 Å². The fourth-order valence-electron chi connectivity index (χ4n) is 1.83. The Hall–Kier alpha value is -1.98. The van der Waals surface area contributed by atoms with Crippen LogP contribution in [0.4, 0.5) is 0 Å². The number of nitrogens with zero attached hydrogens (tertiary/aromatic N) is 1. The van der Waals surface area contributed by atoms with Crippen LogP contribution in [0.2, 0.25) is 5.02 Å². The molecule has 0 amide bonds. The first-order chi connectivity index (χ1) is 9.10. The van der Waals surface area contributed by atoms with Crippen LogP contribution in [0.1, 0.15) is 22.3 Å². The van der Waals surface area contributed by atoms with E-state index in [1.54, 1.807) is 12.1 Å². The van der Waals surface area contributed by atoms with Crippen LogP contribution in [0, 0.1) is 25.2 Å². The smallest absolute Gasteiger partial charge is 0.120 e. The van der Waals surface area contributed by atoms with Crippen LogP contribution in [0.15, 0.2) is 36.4 Å². The van der Waals surface area contributed by atoms with Crippen molar-refractivity contribution >= 4 is 11.6 Å². The summed E-state index contributed by atoms with van der Waals surface area (Å²) in [4.78, 5) is 0. The third-order valence-electron chi connectivity index (χ3n) is 2.90. The number of hydrogen-bond acceptors (Lipinski definition) is 2. The van der Waals surface area contributed by atoms with Gasteiger partial charge in [-0.25, -0.2) is 0 Å². The molecule has 0 N–H and O–H groups in total. The van der Waals surface area contributed by atoms with Gasteiger partial charge in [-0.05, 0) is 54.8 Å². The van der Waals surface area contributed by atoms with Gasteiger partial charge in [0, 0.05) is 5.02 Å². The molecule has 0 aliphatic carbocycles. The van der Waals surface area contributed by atoms with Gasteiger partial charge in [-0.15, -0.1) is 0 Å². The number of halogens is 1. The highest BCUT2D eigenvalue weighted by Crippen LogP contribution is 2.26. The van der Waals surface area contributed by atoms with E-state index in [0.717, 1.165) is 27.5 Å². The summed E-state index contributed by atoms with van der Waals surface area (Å²) in [5, 5.41) is 9.51. The molecule has 0 aromatic heterocycles. The summed E-state index contributed by atoms with van der Waals surface area (Å²) in [5.41, 5.74) is 3.71. The molecule has 2 rings (SSSR count). The molecule has 2 aromatic rings. The van der Waals surface area contributed by atoms with Gasteiger partial charge in [-0.1, -0.05) is 23.7 Å². The second-order valence-electron chi connectivity index (χ2n) is 4.47. The molecule has 2 nitrogen and oxygen atoms in total. The van der Waals surface area contributed by atoms with Gasteiger partial charge in [0.15, 0.2) is 0 Å². The van der Waals surface area contributed by atoms with Crippen LogP contribution in [0.25, 0.3) is 0 Å². The van der Waals surface area contributed by atoms with Crippen LogP contribution in [0.3, 0.4) is 0 Å². The number of aryl methyl sites for hydroxylation is 2. The Kier molecular flexibility index (Phi) is 4.09. The summed E-state index contributed by atoms with van der Waals surface area (Å²) < 4.78 is 5.74. The molecule has 96 valence electrons. The fraction of sp³-hybridized carbons (Fsp3) is 0.188. The molecule has 0 aliphatic rings. The number of nitriles is 1. The second kappa shape index (κ2) is 5.77. The van der Waals surface area contributed by atoms with E-state index in [2.05, 4.69) is 6.07 Å². The molecule has 0 fully saturated rings. The van der Waals surface area contributed by atoms with E-state index in [0.29, 0.717) is 12.2 Å². The van der Waals surface area contributed by atoms with E-state index in [1.807, 2.05) is 38.1 Å². The lowest BCUT2D eigenvalue weighted by molar-refractivity contribution is 0.306. The van der Waals surface area contributed by atoms with Crippen molar-refractivity contribution in [2.45, 2.75) is 20.5 Å². The minimum Gasteiger partial charge on any atom is -0.489 e. The maximum absolute atomic E-state index is 8.73. The van der Waals surface area contributed by atoms with E-state index >= 15 is 0 Å². The first-order valence-electron chi connectivity index (χ1n) is 5.99. The molecule has 0 aliphatic heterocycles. The Morgan fingerprint density at radius 1 is 1.11 bits per heavy atom. The number of hydrogen-bond donors (Lipinski definition) is 0. The van der Waals surface area contributed by atoms with Crippen molar-refractivity contribution in [1.29, 1.82) is 5.26 Å². The number of benzene rings is 2. The lowest BCUT2D eigenvalue weighted by Crippen LogP contribution is -1.96. The molecular weight excluding hydrogens is 258 g/mol. The van der Waals surface area contributed by atoms with Gasteiger partial charge >= 0.3 is 0 Å². The zero-order valence-electron chi connectivity index (χ0n) is 10.9. The topological polar surface area (TPSA) is 33.0 Å². The van der Waals surface area contributed by atoms with Gasteiger partial charge in [0.1, 0.15) is 12.4 Å². The van der Waals surface area contributed by atoms with E-state index in [1.165, 1.54) is 0 Å². The normalized spacial score (nSPS) is 10.0. The van der Waals surface area contributed by atoms with Crippen LogP contribution in [-0.2, 0) is 6.61 Å². The standard InChI is InChI=1S/C16H14ClNO/c1-11-7-15(8-12(2)16(11)17)19-10-14-5-3-13(9-18)4-6-14/h3-8H,10H2,1-2H3. The molecule has 0 saturated heterocycles. The predicted molar refractivity (Wildman–Crippen MR) is 76.4 cm³/mol. The lowest BCUT2D eigenvalue weighted by Gasteiger charge is -2.10. The van der Waals surface area contributed by atoms with Gasteiger partial charge < -0.3 is 4.74 Å². The quantitative estimate of drug-likeness (QED) is 0.828. The summed E-state index contributed by atoms with van der Waals surface area (Å²) in [6, 6.07) is 13.3. The first kappa shape index (κ1) is 13.5. The SMILES string of the molecule is Cc1cc(OCc2ccc(C#N)cc2)cc(C)c1Cl. The molecule has 3 heteroatoms. The van der Waals surface area contributed by atoms with Crippen molar-refractivity contribution < 1.29 is 4.74 Å². The Morgan fingerprint density at radius 3 is 2.21 bits per heavy atom. The zero-order valence-corrected chi connectivity index (χ0v) is 11.7. The maximum Gasteiger partial charge on any atom is 0.120 e. The minimum absolute atomic E-state index is 0.478. The van der Waals surface area contributed by atoms with Crippen molar-refractivity contribution in [3.05, 3.63) is 63.7 Å². The third kappa shape index (κ3) is 3.27. The molecule has 0 heterocycles. The molecule has 0 radical (unpaired) electrons. The summed E-state index contributed by atoms with van der Waals surface area (Å²) >= 11 is 6.11. The highest BCUT2D eigenvalue weighted by molar-refractivity contribution is 6.32. The average Bonchev–Trinajstić information content (AvgIpc) is 2.43. The van der Waals surface area contributed by atoms with Crippen molar-refractivity contribution in [2.24, 2.45) is 0 Å². The lowest BCUT2D eigenvalue weighted by atomic mass is 10.1. The molecule has 2 aromatic carbocycles. The molecule has 0 unspecified atom stereocenters. The highest BCUT2D eigenvalue weighted by Gasteiger charge is 2.04. The minimum atomic E-state index is 0.478. The van der Waals surface area contributed by atoms with Gasteiger partial charge in [0.05, 0.1) is 11.6 Å². The monoisotopic (exact) mass is 271 g/mol. The summed E-state index contributed by atoms with van der Waals surface area (Å²) in [6.07, 6.45) is 0. The average molecular weight is 272 g/mol. The molecule has 0 bridgehead atoms. The van der Waals surface area contributed by atoms with Gasteiger partial charge in [-0.2, -0.15) is 5.26 Å². The second-order valence-corrected chi connectivity index (χ2v) is 4.85. The molecular formula is C16H14ClNO. The van der Waals surface area contributed by atoms with Gasteiger partial charge in [-0.3, -0.25) is 0 Å². The fourth-order valence-corrected chi connectivity index (χ4v) is 1.94. The Bertz CT molecular complexity index is 603. The Labute approximate surface area is 118 Å². The maximum atomic E-state index is 8.73. The zero-order chi connectivity index (χ0) is 13.8. The van der Waals surface area contributed by atoms with Crippen molar-refractivity contribution in [3.63, 3.8) is 0 Å². The van der Waals surface area contributed by atoms with Gasteiger partial charge in [0.25, 0.3) is 0 Å². The molecule has 0 atom stereocenters. The number of ether oxygens (including phenoxy) is 1. The summed E-state index contributed by atoms with van der Waals surface area (Å²) in [5.74, 6) is 0.809. The van der Waals surface area contributed by atoms with Crippen LogP contribution in [-0.4, -0.2) is 0 Å². The Balaban J connectivity index is 2.08. The van der Waals surface area contributed by atoms with E-state index in [4.69, 9.17) is 21.6 Å². The number of rotatable bonds is 3. The molecule has 0 saturated carbocycles. The van der Waals surface area contributed by atoms with Crippen molar-refractivity contribution in [2.75, 3.05) is 0 Å². The van der Waals surface area contributed by atoms with Gasteiger partial charge in [0.2, 0.25) is 0 Å². The predicted octanol–water partition coefficient (Wildman–Crippen LogP) is 4.41. The van der Waals surface area contributed by atoms with Crippen LogP contribution < -0.4 is 4.74 Å². The van der Waals surface area contributed by atoms with E-state index < -0.39 is 0 Å². The summed E-state index contributed by atoms with van der Waals surface area (Å²) in [6.45, 7) is 4.40. The van der Waals surface area contributed by atoms with Crippen molar-refractivity contribution in [1.82, 2.24) is 0 Å². The van der Waals surface area contributed by atoms with Crippen molar-refractivity contribution in [3.8, 4) is 11.8 Å². The molecule has 19 heavy (non-hydrogen) atoms. The van der Waals surface area contributed by atoms with E-state index in [-0.39, 0.29) is 0 Å². The van der Waals surface area contributed by atoms with Crippen LogP contribution >= 0.6 is 11.6 Å².